The van der Waals surface area contributed by atoms with Gasteiger partial charge in [-0.1, -0.05) is 26.0 Å². The van der Waals surface area contributed by atoms with Crippen LogP contribution in [0.1, 0.15) is 32.4 Å². The minimum absolute atomic E-state index is 0.275. The van der Waals surface area contributed by atoms with Crippen molar-refractivity contribution in [2.75, 3.05) is 6.26 Å². The molecule has 1 atom stereocenters. The minimum atomic E-state index is -3.13. The number of sulfone groups is 1. The lowest BCUT2D eigenvalue weighted by molar-refractivity contribution is 0.199. The Bertz CT molecular complexity index is 377. The summed E-state index contributed by atoms with van der Waals surface area (Å²) in [6.07, 6.45) is 0.596. The number of aliphatic hydroxyl groups excluding tert-OH is 1. The molecule has 0 spiro atoms. The first-order valence-corrected chi connectivity index (χ1v) is 6.78. The Morgan fingerprint density at radius 3 is 1.80 bits per heavy atom. The smallest absolute Gasteiger partial charge is 0.175 e. The van der Waals surface area contributed by atoms with E-state index in [0.29, 0.717) is 5.56 Å². The van der Waals surface area contributed by atoms with Crippen LogP contribution in [0.3, 0.4) is 0 Å². The fraction of sp³-hybridized carbons (Fsp3) is 0.455. The van der Waals surface area contributed by atoms with Crippen LogP contribution in [0.4, 0.5) is 0 Å². The fourth-order valence-electron chi connectivity index (χ4n) is 0.994. The van der Waals surface area contributed by atoms with E-state index in [-0.39, 0.29) is 4.90 Å². The first kappa shape index (κ1) is 14.1. The van der Waals surface area contributed by atoms with Crippen molar-refractivity contribution >= 4 is 9.84 Å². The van der Waals surface area contributed by atoms with E-state index in [2.05, 4.69) is 0 Å². The Balaban J connectivity index is 0.000000921. The zero-order valence-electron chi connectivity index (χ0n) is 9.56. The van der Waals surface area contributed by atoms with E-state index in [4.69, 9.17) is 5.11 Å². The molecule has 0 fully saturated rings. The maximum atomic E-state index is 11.1. The molecular weight excluding hydrogens is 212 g/mol. The van der Waals surface area contributed by atoms with Gasteiger partial charge < -0.3 is 5.11 Å². The highest BCUT2D eigenvalue weighted by Gasteiger charge is 2.07. The molecule has 0 aromatic heterocycles. The first-order chi connectivity index (χ1) is 6.91. The third-order valence-corrected chi connectivity index (χ3v) is 2.92. The molecule has 1 N–H and O–H groups in total. The molecule has 0 aliphatic heterocycles. The van der Waals surface area contributed by atoms with Crippen molar-refractivity contribution in [3.05, 3.63) is 29.8 Å². The Labute approximate surface area is 91.7 Å². The highest BCUT2D eigenvalue weighted by molar-refractivity contribution is 7.90. The van der Waals surface area contributed by atoms with Gasteiger partial charge in [0.25, 0.3) is 0 Å². The Morgan fingerprint density at radius 1 is 1.13 bits per heavy atom. The van der Waals surface area contributed by atoms with E-state index in [1.807, 2.05) is 13.8 Å². The van der Waals surface area contributed by atoms with Crippen LogP contribution in [-0.2, 0) is 9.84 Å². The Kier molecular flexibility index (Phi) is 5.54. The molecule has 0 heterocycles. The van der Waals surface area contributed by atoms with Gasteiger partial charge in [-0.25, -0.2) is 8.42 Å². The molecule has 3 nitrogen and oxygen atoms in total. The number of rotatable bonds is 2. The maximum Gasteiger partial charge on any atom is 0.175 e. The van der Waals surface area contributed by atoms with Crippen LogP contribution in [0.5, 0.6) is 0 Å². The molecule has 0 radical (unpaired) electrons. The molecule has 1 rings (SSSR count). The van der Waals surface area contributed by atoms with Crippen molar-refractivity contribution in [2.24, 2.45) is 0 Å². The molecule has 0 unspecified atom stereocenters. The number of benzene rings is 1. The highest BCUT2D eigenvalue weighted by Crippen LogP contribution is 2.15. The summed E-state index contributed by atoms with van der Waals surface area (Å²) in [5, 5.41) is 9.17. The van der Waals surface area contributed by atoms with Gasteiger partial charge in [-0.3, -0.25) is 0 Å². The molecule has 4 heteroatoms. The van der Waals surface area contributed by atoms with Crippen LogP contribution in [-0.4, -0.2) is 19.8 Å². The van der Waals surface area contributed by atoms with E-state index in [1.54, 1.807) is 19.1 Å². The first-order valence-electron chi connectivity index (χ1n) is 4.89. The summed E-state index contributed by atoms with van der Waals surface area (Å²) in [5.41, 5.74) is 0.715. The van der Waals surface area contributed by atoms with Crippen LogP contribution >= 0.6 is 0 Å². The quantitative estimate of drug-likeness (QED) is 0.847. The van der Waals surface area contributed by atoms with E-state index in [9.17, 15) is 8.42 Å². The standard InChI is InChI=1S/C9H12O3S.C2H6/c1-7(10)8-3-5-9(6-4-8)13(2,11)12;1-2/h3-7,10H,1-2H3;1-2H3/t7-;/m0./s1. The van der Waals surface area contributed by atoms with E-state index in [1.165, 1.54) is 12.1 Å². The molecule has 0 amide bonds. The second-order valence-corrected chi connectivity index (χ2v) is 5.03. The van der Waals surface area contributed by atoms with Gasteiger partial charge in [-0.2, -0.15) is 0 Å². The lowest BCUT2D eigenvalue weighted by atomic mass is 10.1. The summed E-state index contributed by atoms with van der Waals surface area (Å²) in [6.45, 7) is 5.63. The number of hydrogen-bond donors (Lipinski definition) is 1. The lowest BCUT2D eigenvalue weighted by Crippen LogP contribution is -1.98. The molecular formula is C11H18O3S. The number of hydrogen-bond acceptors (Lipinski definition) is 3. The zero-order valence-corrected chi connectivity index (χ0v) is 10.4. The van der Waals surface area contributed by atoms with Crippen LogP contribution < -0.4 is 0 Å². The molecule has 0 aliphatic rings. The van der Waals surface area contributed by atoms with Gasteiger partial charge in [0.1, 0.15) is 0 Å². The average Bonchev–Trinajstić information content (AvgIpc) is 2.20. The third kappa shape index (κ3) is 4.44. The molecule has 0 aliphatic carbocycles. The second-order valence-electron chi connectivity index (χ2n) is 3.02. The van der Waals surface area contributed by atoms with Gasteiger partial charge in [-0.15, -0.1) is 0 Å². The zero-order chi connectivity index (χ0) is 12.1. The molecule has 1 aromatic carbocycles. The Hall–Kier alpha value is -0.870. The molecule has 86 valence electrons. The van der Waals surface area contributed by atoms with Crippen molar-refractivity contribution in [1.82, 2.24) is 0 Å². The van der Waals surface area contributed by atoms with E-state index >= 15 is 0 Å². The van der Waals surface area contributed by atoms with Gasteiger partial charge in [0.05, 0.1) is 11.0 Å². The van der Waals surface area contributed by atoms with Crippen LogP contribution in [0.15, 0.2) is 29.2 Å². The molecule has 0 saturated heterocycles. The van der Waals surface area contributed by atoms with E-state index < -0.39 is 15.9 Å². The molecule has 0 bridgehead atoms. The fourth-order valence-corrected chi connectivity index (χ4v) is 1.62. The van der Waals surface area contributed by atoms with Crippen molar-refractivity contribution in [3.8, 4) is 0 Å². The normalized spacial score (nSPS) is 12.6. The minimum Gasteiger partial charge on any atom is -0.389 e. The highest BCUT2D eigenvalue weighted by atomic mass is 32.2. The third-order valence-electron chi connectivity index (χ3n) is 1.79. The Morgan fingerprint density at radius 2 is 1.53 bits per heavy atom. The summed E-state index contributed by atoms with van der Waals surface area (Å²) in [7, 11) is -3.13. The van der Waals surface area contributed by atoms with Gasteiger partial charge in [-0.05, 0) is 24.6 Å². The maximum absolute atomic E-state index is 11.1. The summed E-state index contributed by atoms with van der Waals surface area (Å²) >= 11 is 0. The van der Waals surface area contributed by atoms with Crippen LogP contribution in [0, 0.1) is 0 Å². The molecule has 0 saturated carbocycles. The summed E-state index contributed by atoms with van der Waals surface area (Å²) in [5.74, 6) is 0. The summed E-state index contributed by atoms with van der Waals surface area (Å²) in [4.78, 5) is 0.275. The topological polar surface area (TPSA) is 54.4 Å². The van der Waals surface area contributed by atoms with Gasteiger partial charge in [0.15, 0.2) is 9.84 Å². The lowest BCUT2D eigenvalue weighted by Gasteiger charge is -2.04. The summed E-state index contributed by atoms with van der Waals surface area (Å²) in [6, 6.07) is 6.22. The van der Waals surface area contributed by atoms with Crippen molar-refractivity contribution in [1.29, 1.82) is 0 Å². The van der Waals surface area contributed by atoms with Crippen molar-refractivity contribution in [2.45, 2.75) is 31.8 Å². The predicted molar refractivity (Wildman–Crippen MR) is 61.5 cm³/mol. The van der Waals surface area contributed by atoms with Crippen molar-refractivity contribution in [3.63, 3.8) is 0 Å². The summed E-state index contributed by atoms with van der Waals surface area (Å²) < 4.78 is 22.1. The van der Waals surface area contributed by atoms with Gasteiger partial charge >= 0.3 is 0 Å². The molecule has 1 aromatic rings. The SMILES string of the molecule is CC.C[C@H](O)c1ccc(S(C)(=O)=O)cc1. The van der Waals surface area contributed by atoms with E-state index in [0.717, 1.165) is 6.26 Å². The van der Waals surface area contributed by atoms with Crippen LogP contribution in [0.25, 0.3) is 0 Å². The monoisotopic (exact) mass is 230 g/mol. The second kappa shape index (κ2) is 5.88. The van der Waals surface area contributed by atoms with Crippen molar-refractivity contribution < 1.29 is 13.5 Å². The largest absolute Gasteiger partial charge is 0.389 e. The predicted octanol–water partition coefficient (Wildman–Crippen LogP) is 2.17. The van der Waals surface area contributed by atoms with Crippen LogP contribution in [0.2, 0.25) is 0 Å². The molecule has 15 heavy (non-hydrogen) atoms. The average molecular weight is 230 g/mol. The van der Waals surface area contributed by atoms with Gasteiger partial charge in [0, 0.05) is 6.26 Å². The number of aliphatic hydroxyl groups is 1. The van der Waals surface area contributed by atoms with Gasteiger partial charge in [0.2, 0.25) is 0 Å².